The van der Waals surface area contributed by atoms with Crippen molar-refractivity contribution in [3.8, 4) is 0 Å². The van der Waals surface area contributed by atoms with Crippen molar-refractivity contribution < 1.29 is 29.4 Å². The molecule has 0 fully saturated rings. The first kappa shape index (κ1) is 20.8. The molecule has 0 radical (unpaired) electrons. The van der Waals surface area contributed by atoms with Crippen molar-refractivity contribution in [3.63, 3.8) is 0 Å². The Morgan fingerprint density at radius 2 is 1.61 bits per heavy atom. The normalized spacial score (nSPS) is 14.5. The smallest absolute Gasteiger partial charge is 0.325 e. The molecule has 7 N–H and O–H groups in total. The Balaban J connectivity index is 4.55. The van der Waals surface area contributed by atoms with Gasteiger partial charge in [-0.2, -0.15) is 0 Å². The fraction of sp³-hybridized carbons (Fsp3) is 0.692. The molecule has 0 aliphatic rings. The molecule has 0 saturated heterocycles. The van der Waals surface area contributed by atoms with Gasteiger partial charge in [0.15, 0.2) is 0 Å². The van der Waals surface area contributed by atoms with Crippen LogP contribution in [0.3, 0.4) is 0 Å². The Morgan fingerprint density at radius 3 is 2.04 bits per heavy atom. The van der Waals surface area contributed by atoms with Crippen molar-refractivity contribution in [2.75, 3.05) is 13.2 Å². The topological polar surface area (TPSA) is 171 Å². The molecule has 132 valence electrons. The second-order valence-electron chi connectivity index (χ2n) is 5.36. The lowest BCUT2D eigenvalue weighted by Crippen LogP contribution is -2.55. The third-order valence-corrected chi connectivity index (χ3v) is 2.95. The van der Waals surface area contributed by atoms with Gasteiger partial charge in [0.25, 0.3) is 0 Å². The third kappa shape index (κ3) is 7.56. The van der Waals surface area contributed by atoms with Crippen molar-refractivity contribution in [2.45, 2.75) is 38.9 Å². The number of aliphatic hydroxyl groups excluding tert-OH is 1. The maximum absolute atomic E-state index is 12.0. The summed E-state index contributed by atoms with van der Waals surface area (Å²) in [6.45, 7) is 3.66. The molecule has 10 nitrogen and oxygen atoms in total. The van der Waals surface area contributed by atoms with Gasteiger partial charge in [0, 0.05) is 0 Å². The van der Waals surface area contributed by atoms with Crippen LogP contribution in [0.1, 0.15) is 20.8 Å². The number of nitrogens with two attached hydrogens (primary N) is 1. The minimum atomic E-state index is -1.20. The molecule has 0 bridgehead atoms. The Hall–Kier alpha value is -2.20. The zero-order chi connectivity index (χ0) is 18.2. The molecule has 0 aliphatic carbocycles. The molecule has 0 spiro atoms. The van der Waals surface area contributed by atoms with Gasteiger partial charge in [-0.25, -0.2) is 0 Å². The van der Waals surface area contributed by atoms with Crippen LogP contribution in [-0.4, -0.2) is 65.2 Å². The molecule has 0 aromatic rings. The Bertz CT molecular complexity index is 454. The van der Waals surface area contributed by atoms with Crippen LogP contribution in [0.5, 0.6) is 0 Å². The first-order valence-corrected chi connectivity index (χ1v) is 7.06. The van der Waals surface area contributed by atoms with E-state index in [-0.39, 0.29) is 5.92 Å². The summed E-state index contributed by atoms with van der Waals surface area (Å²) in [5, 5.41) is 24.3. The van der Waals surface area contributed by atoms with Crippen molar-refractivity contribution in [1.82, 2.24) is 16.0 Å². The fourth-order valence-electron chi connectivity index (χ4n) is 1.51. The van der Waals surface area contributed by atoms with Crippen LogP contribution in [0.2, 0.25) is 0 Å². The SMILES string of the molecule is CC(NC(=O)CNC(=O)C(NC(=O)C(N)CO)C(C)C)C(=O)O. The molecule has 0 aromatic heterocycles. The summed E-state index contributed by atoms with van der Waals surface area (Å²) in [4.78, 5) is 45.8. The maximum atomic E-state index is 12.0. The lowest BCUT2D eigenvalue weighted by atomic mass is 10.0. The first-order valence-electron chi connectivity index (χ1n) is 7.06. The minimum Gasteiger partial charge on any atom is -0.480 e. The van der Waals surface area contributed by atoms with E-state index < -0.39 is 55.0 Å². The largest absolute Gasteiger partial charge is 0.480 e. The number of rotatable bonds is 9. The zero-order valence-electron chi connectivity index (χ0n) is 13.3. The van der Waals surface area contributed by atoms with E-state index in [0.717, 1.165) is 0 Å². The van der Waals surface area contributed by atoms with Crippen LogP contribution in [0.4, 0.5) is 0 Å². The second-order valence-corrected chi connectivity index (χ2v) is 5.36. The van der Waals surface area contributed by atoms with E-state index in [4.69, 9.17) is 15.9 Å². The van der Waals surface area contributed by atoms with E-state index in [1.54, 1.807) is 13.8 Å². The number of carboxylic acid groups (broad SMARTS) is 1. The fourth-order valence-corrected chi connectivity index (χ4v) is 1.51. The lowest BCUT2D eigenvalue weighted by Gasteiger charge is -2.23. The van der Waals surface area contributed by atoms with Gasteiger partial charge >= 0.3 is 5.97 Å². The van der Waals surface area contributed by atoms with E-state index in [2.05, 4.69) is 16.0 Å². The van der Waals surface area contributed by atoms with Crippen LogP contribution in [0.25, 0.3) is 0 Å². The number of aliphatic hydroxyl groups is 1. The van der Waals surface area contributed by atoms with Gasteiger partial charge in [0.1, 0.15) is 18.1 Å². The summed E-state index contributed by atoms with van der Waals surface area (Å²) in [5.74, 6) is -3.46. The number of aliphatic carboxylic acids is 1. The quantitative estimate of drug-likeness (QED) is 0.264. The van der Waals surface area contributed by atoms with Gasteiger partial charge in [-0.05, 0) is 12.8 Å². The van der Waals surface area contributed by atoms with Crippen molar-refractivity contribution >= 4 is 23.7 Å². The molecular weight excluding hydrogens is 308 g/mol. The summed E-state index contributed by atoms with van der Waals surface area (Å²) in [6, 6.07) is -3.17. The van der Waals surface area contributed by atoms with Gasteiger partial charge in [-0.3, -0.25) is 19.2 Å². The van der Waals surface area contributed by atoms with E-state index in [9.17, 15) is 19.2 Å². The van der Waals surface area contributed by atoms with E-state index in [0.29, 0.717) is 0 Å². The van der Waals surface area contributed by atoms with Gasteiger partial charge in [0.05, 0.1) is 13.2 Å². The highest BCUT2D eigenvalue weighted by molar-refractivity contribution is 5.92. The monoisotopic (exact) mass is 332 g/mol. The summed E-state index contributed by atoms with van der Waals surface area (Å²) < 4.78 is 0. The molecule has 3 amide bonds. The number of hydrogen-bond donors (Lipinski definition) is 6. The number of carbonyl (C=O) groups excluding carboxylic acids is 3. The van der Waals surface area contributed by atoms with Gasteiger partial charge in [-0.1, -0.05) is 13.8 Å². The summed E-state index contributed by atoms with van der Waals surface area (Å²) in [6.07, 6.45) is 0. The van der Waals surface area contributed by atoms with Gasteiger partial charge in [0.2, 0.25) is 17.7 Å². The average molecular weight is 332 g/mol. The molecule has 10 heteroatoms. The Labute approximate surface area is 133 Å². The molecule has 0 aromatic carbocycles. The maximum Gasteiger partial charge on any atom is 0.325 e. The predicted octanol–water partition coefficient (Wildman–Crippen LogP) is -2.85. The summed E-state index contributed by atoms with van der Waals surface area (Å²) in [7, 11) is 0. The van der Waals surface area contributed by atoms with Crippen LogP contribution in [0, 0.1) is 5.92 Å². The van der Waals surface area contributed by atoms with E-state index >= 15 is 0 Å². The van der Waals surface area contributed by atoms with E-state index in [1.165, 1.54) is 6.92 Å². The average Bonchev–Trinajstić information content (AvgIpc) is 2.48. The van der Waals surface area contributed by atoms with Crippen LogP contribution in [-0.2, 0) is 19.2 Å². The number of carbonyl (C=O) groups is 4. The highest BCUT2D eigenvalue weighted by Crippen LogP contribution is 2.02. The molecule has 0 rings (SSSR count). The van der Waals surface area contributed by atoms with Crippen molar-refractivity contribution in [1.29, 1.82) is 0 Å². The van der Waals surface area contributed by atoms with Gasteiger partial charge < -0.3 is 31.9 Å². The number of carboxylic acids is 1. The second kappa shape index (κ2) is 9.74. The molecule has 3 atom stereocenters. The van der Waals surface area contributed by atoms with Gasteiger partial charge in [-0.15, -0.1) is 0 Å². The number of amides is 3. The molecule has 3 unspecified atom stereocenters. The molecule has 0 aliphatic heterocycles. The molecule has 0 saturated carbocycles. The molecule has 23 heavy (non-hydrogen) atoms. The third-order valence-electron chi connectivity index (χ3n) is 2.95. The predicted molar refractivity (Wildman–Crippen MR) is 80.1 cm³/mol. The standard InChI is InChI=1S/C13H24N4O6/c1-6(2)10(17-11(20)8(14)5-18)12(21)15-4-9(19)16-7(3)13(22)23/h6-8,10,18H,4-5,14H2,1-3H3,(H,15,21)(H,16,19)(H,17,20)(H,22,23). The van der Waals surface area contributed by atoms with Crippen LogP contribution >= 0.6 is 0 Å². The first-order chi connectivity index (χ1) is 10.6. The molecule has 0 heterocycles. The highest BCUT2D eigenvalue weighted by Gasteiger charge is 2.26. The Morgan fingerprint density at radius 1 is 1.04 bits per heavy atom. The summed E-state index contributed by atoms with van der Waals surface area (Å²) >= 11 is 0. The zero-order valence-corrected chi connectivity index (χ0v) is 13.3. The Kier molecular flexibility index (Phi) is 8.81. The highest BCUT2D eigenvalue weighted by atomic mass is 16.4. The van der Waals surface area contributed by atoms with Crippen LogP contribution < -0.4 is 21.7 Å². The lowest BCUT2D eigenvalue weighted by molar-refractivity contribution is -0.141. The van der Waals surface area contributed by atoms with Crippen molar-refractivity contribution in [3.05, 3.63) is 0 Å². The van der Waals surface area contributed by atoms with Crippen LogP contribution in [0.15, 0.2) is 0 Å². The minimum absolute atomic E-state index is 0.286. The molecular formula is C13H24N4O6. The van der Waals surface area contributed by atoms with Crippen molar-refractivity contribution in [2.24, 2.45) is 11.7 Å². The number of nitrogens with one attached hydrogen (secondary N) is 3. The van der Waals surface area contributed by atoms with E-state index in [1.807, 2.05) is 0 Å². The number of hydrogen-bond acceptors (Lipinski definition) is 6. The summed E-state index contributed by atoms with van der Waals surface area (Å²) in [5.41, 5.74) is 5.36.